The van der Waals surface area contributed by atoms with Crippen molar-refractivity contribution in [3.05, 3.63) is 74.5 Å². The maximum atomic E-state index is 12.2. The summed E-state index contributed by atoms with van der Waals surface area (Å²) in [6.07, 6.45) is 8.25. The molecule has 1 aliphatic heterocycles. The van der Waals surface area contributed by atoms with Crippen molar-refractivity contribution in [2.24, 2.45) is 5.92 Å². The van der Waals surface area contributed by atoms with E-state index in [1.54, 1.807) is 20.2 Å². The molecular weight excluding hydrogens is 464 g/mol. The van der Waals surface area contributed by atoms with Gasteiger partial charge in [-0.05, 0) is 48.1 Å². The van der Waals surface area contributed by atoms with Crippen LogP contribution in [0.1, 0.15) is 46.1 Å². The van der Waals surface area contributed by atoms with E-state index in [-0.39, 0.29) is 5.91 Å². The fraction of sp³-hybridized carbons (Fsp3) is 0.346. The number of nitrogens with zero attached hydrogens (tertiary/aromatic N) is 4. The molecule has 1 unspecified atom stereocenters. The third kappa shape index (κ3) is 4.55. The van der Waals surface area contributed by atoms with Crippen molar-refractivity contribution in [2.75, 3.05) is 33.7 Å². The molecule has 1 atom stereocenters. The Kier molecular flexibility index (Phi) is 6.59. The summed E-state index contributed by atoms with van der Waals surface area (Å²) in [7, 11) is 3.44. The Morgan fingerprint density at radius 2 is 2.16 bits per heavy atom. The summed E-state index contributed by atoms with van der Waals surface area (Å²) in [5, 5.41) is 9.66. The van der Waals surface area contributed by atoms with Crippen LogP contribution in [0.3, 0.4) is 0 Å². The average Bonchev–Trinajstić information content (AvgIpc) is 2.79. The maximum Gasteiger partial charge on any atom is 0.253 e. The Labute approximate surface area is 198 Å². The number of pyridine rings is 1. The van der Waals surface area contributed by atoms with Crippen LogP contribution in [0.15, 0.2) is 46.6 Å². The van der Waals surface area contributed by atoms with Gasteiger partial charge in [-0.1, -0.05) is 46.6 Å². The van der Waals surface area contributed by atoms with Gasteiger partial charge >= 0.3 is 0 Å². The molecule has 0 spiro atoms. The highest BCUT2D eigenvalue weighted by Crippen LogP contribution is 2.33. The summed E-state index contributed by atoms with van der Waals surface area (Å²) in [5.74, 6) is 0.386. The summed E-state index contributed by atoms with van der Waals surface area (Å²) in [4.78, 5) is 20.8. The van der Waals surface area contributed by atoms with Gasteiger partial charge < -0.3 is 4.90 Å². The van der Waals surface area contributed by atoms with Gasteiger partial charge in [0.15, 0.2) is 0 Å². The summed E-state index contributed by atoms with van der Waals surface area (Å²) < 4.78 is 1.10. The van der Waals surface area contributed by atoms with Crippen molar-refractivity contribution in [1.29, 1.82) is 5.26 Å². The fourth-order valence-corrected chi connectivity index (χ4v) is 4.88. The lowest BCUT2D eigenvalue weighted by Gasteiger charge is -2.31. The first-order valence-electron chi connectivity index (χ1n) is 10.9. The zero-order chi connectivity index (χ0) is 22.8. The van der Waals surface area contributed by atoms with Crippen LogP contribution in [0.5, 0.6) is 0 Å². The van der Waals surface area contributed by atoms with Crippen LogP contribution in [0, 0.1) is 17.2 Å². The number of carbonyl (C=O) groups excluding carboxylic acids is 1. The number of carbonyl (C=O) groups is 1. The zero-order valence-corrected chi connectivity index (χ0v) is 20.3. The second-order valence-electron chi connectivity index (χ2n) is 8.76. The van der Waals surface area contributed by atoms with Crippen molar-refractivity contribution in [3.63, 3.8) is 0 Å². The molecule has 164 valence electrons. The van der Waals surface area contributed by atoms with E-state index in [9.17, 15) is 10.1 Å². The predicted octanol–water partition coefficient (Wildman–Crippen LogP) is 4.78. The first-order chi connectivity index (χ1) is 15.4. The van der Waals surface area contributed by atoms with Gasteiger partial charge in [0.2, 0.25) is 0 Å². The van der Waals surface area contributed by atoms with Gasteiger partial charge in [0.05, 0.1) is 11.6 Å². The molecule has 2 aliphatic rings. The molecule has 0 bridgehead atoms. The molecule has 1 aliphatic carbocycles. The summed E-state index contributed by atoms with van der Waals surface area (Å²) in [6.45, 7) is 5.01. The van der Waals surface area contributed by atoms with E-state index in [1.165, 1.54) is 21.6 Å². The zero-order valence-electron chi connectivity index (χ0n) is 18.7. The van der Waals surface area contributed by atoms with Crippen molar-refractivity contribution in [1.82, 2.24) is 14.8 Å². The summed E-state index contributed by atoms with van der Waals surface area (Å²) in [6, 6.07) is 9.74. The first-order valence-corrected chi connectivity index (χ1v) is 11.7. The molecule has 0 fully saturated rings. The topological polar surface area (TPSA) is 60.2 Å². The standard InChI is InChI=1S/C26H27BrN4O/c1-17-12-25-23(24(27)6-9-29-25)14-21(17)16-31-10-7-18(8-11-31)22-5-4-19(13-20(22)15-28)26(32)30(2)3/h4-7,9,13-14,17H,8,10-12,16H2,1-3H3. The SMILES string of the molecule is CC1Cc2nccc(Br)c2C=C1CN1CC=C(c2ccc(C(=O)N(C)C)cc2C#N)CC1. The van der Waals surface area contributed by atoms with E-state index in [0.717, 1.165) is 48.2 Å². The van der Waals surface area contributed by atoms with Crippen LogP contribution in [-0.2, 0) is 6.42 Å². The van der Waals surface area contributed by atoms with Gasteiger partial charge in [0.1, 0.15) is 0 Å². The van der Waals surface area contributed by atoms with E-state index in [4.69, 9.17) is 0 Å². The molecule has 32 heavy (non-hydrogen) atoms. The minimum atomic E-state index is -0.0878. The normalized spacial score (nSPS) is 18.3. The molecule has 6 heteroatoms. The van der Waals surface area contributed by atoms with Crippen LogP contribution in [0.2, 0.25) is 0 Å². The monoisotopic (exact) mass is 490 g/mol. The molecule has 0 N–H and O–H groups in total. The molecule has 4 rings (SSSR count). The number of hydrogen-bond donors (Lipinski definition) is 0. The molecule has 0 radical (unpaired) electrons. The van der Waals surface area contributed by atoms with Gasteiger partial charge in [0.25, 0.3) is 5.91 Å². The Balaban J connectivity index is 1.50. The summed E-state index contributed by atoms with van der Waals surface area (Å²) >= 11 is 3.67. The average molecular weight is 491 g/mol. The molecule has 1 aromatic heterocycles. The first kappa shape index (κ1) is 22.4. The lowest BCUT2D eigenvalue weighted by molar-refractivity contribution is 0.0827. The third-order valence-electron chi connectivity index (χ3n) is 6.32. The van der Waals surface area contributed by atoms with Gasteiger partial charge in [-0.15, -0.1) is 0 Å². The lowest BCUT2D eigenvalue weighted by Crippen LogP contribution is -2.32. The van der Waals surface area contributed by atoms with E-state index >= 15 is 0 Å². The van der Waals surface area contributed by atoms with Crippen LogP contribution >= 0.6 is 15.9 Å². The lowest BCUT2D eigenvalue weighted by atomic mass is 9.86. The number of rotatable bonds is 4. The molecule has 5 nitrogen and oxygen atoms in total. The quantitative estimate of drug-likeness (QED) is 0.618. The van der Waals surface area contributed by atoms with Crippen LogP contribution in [-0.4, -0.2) is 54.4 Å². The van der Waals surface area contributed by atoms with E-state index in [2.05, 4.69) is 51.0 Å². The number of benzene rings is 1. The highest BCUT2D eigenvalue weighted by molar-refractivity contribution is 9.10. The minimum Gasteiger partial charge on any atom is -0.345 e. The third-order valence-corrected chi connectivity index (χ3v) is 7.01. The second-order valence-corrected chi connectivity index (χ2v) is 9.62. The number of halogens is 1. The molecule has 1 amide bonds. The Bertz CT molecular complexity index is 1160. The number of hydrogen-bond acceptors (Lipinski definition) is 4. The van der Waals surface area contributed by atoms with E-state index in [0.29, 0.717) is 17.0 Å². The molecular formula is C26H27BrN4O. The Hall–Kier alpha value is -2.75. The highest BCUT2D eigenvalue weighted by Gasteiger charge is 2.23. The van der Waals surface area contributed by atoms with Gasteiger partial charge in [-0.25, -0.2) is 0 Å². The molecule has 2 aromatic rings. The number of fused-ring (bicyclic) bond motifs is 1. The number of amides is 1. The van der Waals surface area contributed by atoms with E-state index < -0.39 is 0 Å². The minimum absolute atomic E-state index is 0.0878. The van der Waals surface area contributed by atoms with Gasteiger partial charge in [0, 0.05) is 61.2 Å². The highest BCUT2D eigenvalue weighted by atomic mass is 79.9. The van der Waals surface area contributed by atoms with Crippen LogP contribution in [0.25, 0.3) is 11.6 Å². The largest absolute Gasteiger partial charge is 0.345 e. The van der Waals surface area contributed by atoms with Crippen LogP contribution in [0.4, 0.5) is 0 Å². The van der Waals surface area contributed by atoms with Crippen molar-refractivity contribution in [3.8, 4) is 6.07 Å². The fourth-order valence-electron chi connectivity index (χ4n) is 4.42. The van der Waals surface area contributed by atoms with Crippen molar-refractivity contribution in [2.45, 2.75) is 19.8 Å². The Morgan fingerprint density at radius 1 is 1.34 bits per heavy atom. The Morgan fingerprint density at radius 3 is 2.84 bits per heavy atom. The second kappa shape index (κ2) is 9.40. The van der Waals surface area contributed by atoms with Crippen LogP contribution < -0.4 is 0 Å². The van der Waals surface area contributed by atoms with Gasteiger partial charge in [-0.3, -0.25) is 14.7 Å². The van der Waals surface area contributed by atoms with Gasteiger partial charge in [-0.2, -0.15) is 5.26 Å². The smallest absolute Gasteiger partial charge is 0.253 e. The summed E-state index contributed by atoms with van der Waals surface area (Å²) in [5.41, 5.74) is 7.05. The molecule has 1 aromatic carbocycles. The van der Waals surface area contributed by atoms with Crippen molar-refractivity contribution < 1.29 is 4.79 Å². The molecule has 0 saturated heterocycles. The molecule has 0 saturated carbocycles. The number of nitriles is 1. The molecule has 2 heterocycles. The maximum absolute atomic E-state index is 12.2. The van der Waals surface area contributed by atoms with E-state index in [1.807, 2.05) is 24.4 Å². The predicted molar refractivity (Wildman–Crippen MR) is 131 cm³/mol. The van der Waals surface area contributed by atoms with Crippen molar-refractivity contribution >= 4 is 33.5 Å². The number of aromatic nitrogens is 1.